The maximum absolute atomic E-state index is 13.6. The zero-order valence-electron chi connectivity index (χ0n) is 14.1. The molecule has 5 nitrogen and oxygen atoms in total. The predicted octanol–water partition coefficient (Wildman–Crippen LogP) is 2.87. The highest BCUT2D eigenvalue weighted by Crippen LogP contribution is 2.44. The first kappa shape index (κ1) is 17.7. The first-order chi connectivity index (χ1) is 12.8. The molecule has 0 bridgehead atoms. The van der Waals surface area contributed by atoms with E-state index in [-0.39, 0.29) is 24.4 Å². The highest BCUT2D eigenvalue weighted by molar-refractivity contribution is 6.30. The fourth-order valence-corrected chi connectivity index (χ4v) is 3.52. The van der Waals surface area contributed by atoms with E-state index in [1.54, 1.807) is 36.4 Å². The van der Waals surface area contributed by atoms with E-state index in [9.17, 15) is 18.4 Å². The molecule has 0 saturated carbocycles. The van der Waals surface area contributed by atoms with Crippen LogP contribution in [0.4, 0.5) is 13.6 Å². The van der Waals surface area contributed by atoms with Crippen LogP contribution in [0.3, 0.4) is 0 Å². The van der Waals surface area contributed by atoms with E-state index in [4.69, 9.17) is 11.6 Å². The lowest BCUT2D eigenvalue weighted by atomic mass is 9.82. The second-order valence-corrected chi connectivity index (χ2v) is 7.13. The number of amides is 3. The number of halogens is 3. The monoisotopic (exact) mass is 391 g/mol. The number of urea groups is 1. The number of nitrogens with one attached hydrogen (secondary N) is 3. The van der Waals surface area contributed by atoms with E-state index in [1.165, 1.54) is 6.07 Å². The molecule has 3 amide bonds. The average Bonchev–Trinajstić information content (AvgIpc) is 3.06. The number of alkyl halides is 2. The van der Waals surface area contributed by atoms with Gasteiger partial charge in [0.25, 0.3) is 5.92 Å². The second-order valence-electron chi connectivity index (χ2n) is 6.70. The minimum Gasteiger partial charge on any atom is -0.343 e. The second kappa shape index (κ2) is 6.49. The van der Waals surface area contributed by atoms with Crippen molar-refractivity contribution in [2.24, 2.45) is 0 Å². The summed E-state index contributed by atoms with van der Waals surface area (Å²) in [5.41, 5.74) is 2.05. The first-order valence-electron chi connectivity index (χ1n) is 8.45. The maximum Gasteiger partial charge on any atom is 0.315 e. The molecule has 140 valence electrons. The van der Waals surface area contributed by atoms with Gasteiger partial charge >= 0.3 is 6.03 Å². The summed E-state index contributed by atoms with van der Waals surface area (Å²) in [6.45, 7) is 0.189. The van der Waals surface area contributed by atoms with Gasteiger partial charge in [-0.2, -0.15) is 0 Å². The van der Waals surface area contributed by atoms with Crippen LogP contribution in [0, 0.1) is 0 Å². The number of rotatable bonds is 4. The lowest BCUT2D eigenvalue weighted by molar-refractivity contribution is -0.122. The standard InChI is InChI=1S/C19H16ClF2N3O2/c20-13-4-1-10(2-5-13)16(25-17(26)15-9-23-18(27)24-15)11-3-6-14-12(7-11)8-19(14,21)22/h1-7,15-16H,8-9H2,(H,25,26)(H2,23,24,27)/t15-,16-/m0/s1. The van der Waals surface area contributed by atoms with Gasteiger partial charge in [0.15, 0.2) is 0 Å². The summed E-state index contributed by atoms with van der Waals surface area (Å²) >= 11 is 5.95. The molecule has 1 aliphatic carbocycles. The zero-order valence-corrected chi connectivity index (χ0v) is 14.8. The molecule has 8 heteroatoms. The Labute approximate surface area is 159 Å². The Morgan fingerprint density at radius 1 is 1.19 bits per heavy atom. The Balaban J connectivity index is 1.64. The molecule has 27 heavy (non-hydrogen) atoms. The number of hydrogen-bond donors (Lipinski definition) is 3. The van der Waals surface area contributed by atoms with Crippen molar-refractivity contribution >= 4 is 23.5 Å². The van der Waals surface area contributed by atoms with E-state index >= 15 is 0 Å². The van der Waals surface area contributed by atoms with Crippen LogP contribution in [0.5, 0.6) is 0 Å². The fraction of sp³-hybridized carbons (Fsp3) is 0.263. The molecule has 1 aliphatic heterocycles. The molecular formula is C19H16ClF2N3O2. The quantitative estimate of drug-likeness (QED) is 0.750. The van der Waals surface area contributed by atoms with Gasteiger partial charge in [0, 0.05) is 23.6 Å². The van der Waals surface area contributed by atoms with Gasteiger partial charge in [-0.15, -0.1) is 0 Å². The van der Waals surface area contributed by atoms with E-state index in [2.05, 4.69) is 16.0 Å². The van der Waals surface area contributed by atoms with Crippen molar-refractivity contribution in [2.45, 2.75) is 24.4 Å². The molecule has 1 saturated heterocycles. The summed E-state index contributed by atoms with van der Waals surface area (Å²) < 4.78 is 27.1. The third-order valence-corrected chi connectivity index (χ3v) is 5.10. The maximum atomic E-state index is 13.6. The largest absolute Gasteiger partial charge is 0.343 e. The number of carbonyl (C=O) groups is 2. The van der Waals surface area contributed by atoms with Crippen LogP contribution in [-0.4, -0.2) is 24.5 Å². The number of benzene rings is 2. The molecule has 0 spiro atoms. The molecule has 2 aromatic rings. The van der Waals surface area contributed by atoms with Crippen LogP contribution in [0.1, 0.15) is 28.3 Å². The first-order valence-corrected chi connectivity index (χ1v) is 8.82. The van der Waals surface area contributed by atoms with Crippen molar-refractivity contribution < 1.29 is 18.4 Å². The fourth-order valence-electron chi connectivity index (χ4n) is 3.39. The van der Waals surface area contributed by atoms with Crippen molar-refractivity contribution in [3.8, 4) is 0 Å². The molecule has 1 heterocycles. The highest BCUT2D eigenvalue weighted by Gasteiger charge is 2.44. The average molecular weight is 392 g/mol. The van der Waals surface area contributed by atoms with Crippen LogP contribution >= 0.6 is 11.6 Å². The lowest BCUT2D eigenvalue weighted by Crippen LogP contribution is -2.44. The van der Waals surface area contributed by atoms with Gasteiger partial charge in [0.2, 0.25) is 5.91 Å². The van der Waals surface area contributed by atoms with Crippen LogP contribution < -0.4 is 16.0 Å². The Hall–Kier alpha value is -2.67. The van der Waals surface area contributed by atoms with Gasteiger partial charge in [0.05, 0.1) is 6.04 Å². The Morgan fingerprint density at radius 3 is 2.48 bits per heavy atom. The molecule has 3 N–H and O–H groups in total. The summed E-state index contributed by atoms with van der Waals surface area (Å²) in [5.74, 6) is -3.14. The molecule has 2 aromatic carbocycles. The number of fused-ring (bicyclic) bond motifs is 1. The number of carbonyl (C=O) groups excluding carboxylic acids is 2. The highest BCUT2D eigenvalue weighted by atomic mass is 35.5. The van der Waals surface area contributed by atoms with Gasteiger partial charge in [-0.3, -0.25) is 4.79 Å². The summed E-state index contributed by atoms with van der Waals surface area (Å²) in [6, 6.07) is 9.99. The third kappa shape index (κ3) is 3.35. The van der Waals surface area contributed by atoms with Crippen LogP contribution in [-0.2, 0) is 17.1 Å². The van der Waals surface area contributed by atoms with E-state index in [1.807, 2.05) is 0 Å². The summed E-state index contributed by atoms with van der Waals surface area (Å²) in [5, 5.41) is 8.51. The van der Waals surface area contributed by atoms with Crippen molar-refractivity contribution in [1.82, 2.24) is 16.0 Å². The van der Waals surface area contributed by atoms with Gasteiger partial charge in [-0.1, -0.05) is 41.9 Å². The minimum absolute atomic E-state index is 0.0275. The molecule has 0 radical (unpaired) electrons. The third-order valence-electron chi connectivity index (χ3n) is 4.85. The van der Waals surface area contributed by atoms with E-state index in [0.717, 1.165) is 5.56 Å². The van der Waals surface area contributed by atoms with E-state index < -0.39 is 24.0 Å². The summed E-state index contributed by atoms with van der Waals surface area (Å²) in [7, 11) is 0. The summed E-state index contributed by atoms with van der Waals surface area (Å²) in [4.78, 5) is 23.9. The normalized spacial score (nSPS) is 20.7. The lowest BCUT2D eigenvalue weighted by Gasteiger charge is -2.31. The van der Waals surface area contributed by atoms with Crippen LogP contribution in [0.2, 0.25) is 5.02 Å². The van der Waals surface area contributed by atoms with Crippen LogP contribution in [0.25, 0.3) is 0 Å². The number of hydrogen-bond acceptors (Lipinski definition) is 2. The van der Waals surface area contributed by atoms with Crippen LogP contribution in [0.15, 0.2) is 42.5 Å². The molecular weight excluding hydrogens is 376 g/mol. The smallest absolute Gasteiger partial charge is 0.315 e. The van der Waals surface area contributed by atoms with Crippen molar-refractivity contribution in [1.29, 1.82) is 0 Å². The van der Waals surface area contributed by atoms with Gasteiger partial charge < -0.3 is 16.0 Å². The molecule has 0 aromatic heterocycles. The van der Waals surface area contributed by atoms with Crippen molar-refractivity contribution in [2.75, 3.05) is 6.54 Å². The molecule has 2 atom stereocenters. The Bertz CT molecular complexity index is 918. The van der Waals surface area contributed by atoms with Gasteiger partial charge in [-0.05, 0) is 28.8 Å². The van der Waals surface area contributed by atoms with Gasteiger partial charge in [-0.25, -0.2) is 13.6 Å². The van der Waals surface area contributed by atoms with Gasteiger partial charge in [0.1, 0.15) is 6.04 Å². The Morgan fingerprint density at radius 2 is 1.89 bits per heavy atom. The van der Waals surface area contributed by atoms with Crippen molar-refractivity contribution in [3.63, 3.8) is 0 Å². The summed E-state index contributed by atoms with van der Waals surface area (Å²) in [6.07, 6.45) is -0.305. The molecule has 4 rings (SSSR count). The molecule has 0 unspecified atom stereocenters. The predicted molar refractivity (Wildman–Crippen MR) is 95.8 cm³/mol. The molecule has 1 fully saturated rings. The van der Waals surface area contributed by atoms with E-state index in [0.29, 0.717) is 16.1 Å². The zero-order chi connectivity index (χ0) is 19.2. The van der Waals surface area contributed by atoms with Crippen molar-refractivity contribution in [3.05, 3.63) is 69.7 Å². The Kier molecular flexibility index (Phi) is 4.26. The minimum atomic E-state index is -2.79. The topological polar surface area (TPSA) is 70.2 Å². The SMILES string of the molecule is O=C1NC[C@@H](C(=O)N[C@@H](c2ccc(Cl)cc2)c2ccc3c(c2)CC3(F)F)N1. The molecule has 2 aliphatic rings.